The van der Waals surface area contributed by atoms with E-state index >= 15 is 0 Å². The number of ketones is 1. The van der Waals surface area contributed by atoms with E-state index in [0.29, 0.717) is 35.0 Å². The van der Waals surface area contributed by atoms with Crippen molar-refractivity contribution in [1.82, 2.24) is 10.3 Å². The number of Topliss-reactive ketones (excluding diaryl/α,β-unsaturated/α-hetero) is 1. The molecule has 0 fully saturated rings. The number of halogens is 2. The van der Waals surface area contributed by atoms with Crippen LogP contribution in [-0.4, -0.2) is 22.2 Å². The normalized spacial score (nSPS) is 11.3. The van der Waals surface area contributed by atoms with Gasteiger partial charge in [-0.2, -0.15) is 0 Å². The zero-order valence-corrected chi connectivity index (χ0v) is 16.6. The van der Waals surface area contributed by atoms with Gasteiger partial charge in [0.15, 0.2) is 5.78 Å². The maximum Gasteiger partial charge on any atom is 0.270 e. The van der Waals surface area contributed by atoms with E-state index in [1.807, 2.05) is 19.9 Å². The van der Waals surface area contributed by atoms with E-state index in [0.717, 1.165) is 5.56 Å². The quantitative estimate of drug-likeness (QED) is 0.692. The van der Waals surface area contributed by atoms with Crippen molar-refractivity contribution < 1.29 is 9.59 Å². The van der Waals surface area contributed by atoms with Crippen LogP contribution in [0.3, 0.4) is 0 Å². The van der Waals surface area contributed by atoms with Crippen molar-refractivity contribution in [1.29, 1.82) is 0 Å². The molecule has 1 heterocycles. The van der Waals surface area contributed by atoms with Gasteiger partial charge in [-0.25, -0.2) is 4.98 Å². The van der Waals surface area contributed by atoms with Crippen molar-refractivity contribution >= 4 is 34.9 Å². The van der Waals surface area contributed by atoms with Crippen LogP contribution in [0.25, 0.3) is 11.3 Å². The Kier molecular flexibility index (Phi) is 6.79. The summed E-state index contributed by atoms with van der Waals surface area (Å²) in [5.41, 5.74) is 0.532. The number of rotatable bonds is 7. The molecule has 1 aromatic heterocycles. The van der Waals surface area contributed by atoms with Gasteiger partial charge in [0, 0.05) is 17.0 Å². The van der Waals surface area contributed by atoms with E-state index in [1.54, 1.807) is 37.3 Å². The SMILES string of the molecule is CCC(=O)C(CC)(CC)NC(=O)c1ccc(Cl)c(-c2cccc(Cl)c2)n1. The van der Waals surface area contributed by atoms with Crippen LogP contribution in [0.4, 0.5) is 0 Å². The molecule has 0 spiro atoms. The van der Waals surface area contributed by atoms with Gasteiger partial charge < -0.3 is 5.32 Å². The van der Waals surface area contributed by atoms with Crippen LogP contribution >= 0.6 is 23.2 Å². The third kappa shape index (κ3) is 4.25. The first kappa shape index (κ1) is 20.4. The lowest BCUT2D eigenvalue weighted by Crippen LogP contribution is -2.53. The number of benzene rings is 1. The first-order valence-electron chi connectivity index (χ1n) is 8.65. The molecular formula is C20H22Cl2N2O2. The number of carbonyl (C=O) groups excluding carboxylic acids is 2. The maximum atomic E-state index is 12.8. The molecule has 0 saturated carbocycles. The van der Waals surface area contributed by atoms with E-state index in [-0.39, 0.29) is 11.5 Å². The van der Waals surface area contributed by atoms with E-state index in [1.165, 1.54) is 0 Å². The Balaban J connectivity index is 2.38. The summed E-state index contributed by atoms with van der Waals surface area (Å²) in [6.45, 7) is 5.58. The predicted molar refractivity (Wildman–Crippen MR) is 106 cm³/mol. The molecule has 0 saturated heterocycles. The average Bonchev–Trinajstić information content (AvgIpc) is 2.65. The molecule has 2 aromatic rings. The molecular weight excluding hydrogens is 371 g/mol. The number of pyridine rings is 1. The lowest BCUT2D eigenvalue weighted by Gasteiger charge is -2.31. The van der Waals surface area contributed by atoms with Crippen LogP contribution in [0.15, 0.2) is 36.4 Å². The van der Waals surface area contributed by atoms with Crippen LogP contribution in [0.5, 0.6) is 0 Å². The van der Waals surface area contributed by atoms with Gasteiger partial charge in [0.25, 0.3) is 5.91 Å². The van der Waals surface area contributed by atoms with Crippen molar-refractivity contribution in [2.24, 2.45) is 0 Å². The molecule has 2 rings (SSSR count). The third-order valence-electron chi connectivity index (χ3n) is 4.59. The largest absolute Gasteiger partial charge is 0.338 e. The van der Waals surface area contributed by atoms with Gasteiger partial charge in [0.2, 0.25) is 0 Å². The number of hydrogen-bond donors (Lipinski definition) is 1. The second-order valence-corrected chi connectivity index (χ2v) is 6.90. The average molecular weight is 393 g/mol. The molecule has 0 radical (unpaired) electrons. The van der Waals surface area contributed by atoms with E-state index in [9.17, 15) is 9.59 Å². The lowest BCUT2D eigenvalue weighted by atomic mass is 9.86. The van der Waals surface area contributed by atoms with Gasteiger partial charge in [-0.3, -0.25) is 9.59 Å². The second kappa shape index (κ2) is 8.65. The molecule has 1 aromatic carbocycles. The molecule has 1 amide bonds. The van der Waals surface area contributed by atoms with Crippen molar-refractivity contribution in [3.63, 3.8) is 0 Å². The van der Waals surface area contributed by atoms with Gasteiger partial charge in [0.05, 0.1) is 16.3 Å². The summed E-state index contributed by atoms with van der Waals surface area (Å²) in [6.07, 6.45) is 1.41. The fraction of sp³-hybridized carbons (Fsp3) is 0.350. The minimum atomic E-state index is -0.872. The number of amides is 1. The summed E-state index contributed by atoms with van der Waals surface area (Å²) in [5.74, 6) is -0.379. The van der Waals surface area contributed by atoms with Crippen LogP contribution < -0.4 is 5.32 Å². The number of aromatic nitrogens is 1. The Bertz CT molecular complexity index is 817. The highest BCUT2D eigenvalue weighted by molar-refractivity contribution is 6.33. The molecule has 138 valence electrons. The monoisotopic (exact) mass is 392 g/mol. The Morgan fingerprint density at radius 2 is 1.77 bits per heavy atom. The summed E-state index contributed by atoms with van der Waals surface area (Å²) in [4.78, 5) is 29.5. The fourth-order valence-electron chi connectivity index (χ4n) is 2.92. The lowest BCUT2D eigenvalue weighted by molar-refractivity contribution is -0.125. The first-order valence-corrected chi connectivity index (χ1v) is 9.40. The Morgan fingerprint density at radius 3 is 2.35 bits per heavy atom. The zero-order valence-electron chi connectivity index (χ0n) is 15.1. The molecule has 0 aliphatic heterocycles. The molecule has 26 heavy (non-hydrogen) atoms. The summed E-state index contributed by atoms with van der Waals surface area (Å²) >= 11 is 12.3. The van der Waals surface area contributed by atoms with Crippen LogP contribution in [0.2, 0.25) is 10.0 Å². The standard InChI is InChI=1S/C20H22Cl2N2O2/c1-4-17(25)20(5-2,6-3)24-19(26)16-11-10-15(22)18(23-16)13-8-7-9-14(21)12-13/h7-12H,4-6H2,1-3H3,(H,24,26). The fourth-order valence-corrected chi connectivity index (χ4v) is 3.32. The Labute approximate surface area is 163 Å². The molecule has 1 N–H and O–H groups in total. The minimum absolute atomic E-state index is 0.0138. The molecule has 0 aliphatic rings. The first-order chi connectivity index (χ1) is 12.4. The van der Waals surface area contributed by atoms with Gasteiger partial charge >= 0.3 is 0 Å². The topological polar surface area (TPSA) is 59.1 Å². The number of nitrogens with one attached hydrogen (secondary N) is 1. The molecule has 0 aliphatic carbocycles. The van der Waals surface area contributed by atoms with Crippen molar-refractivity contribution in [2.75, 3.05) is 0 Å². The van der Waals surface area contributed by atoms with Gasteiger partial charge in [0.1, 0.15) is 5.69 Å². The highest BCUT2D eigenvalue weighted by Gasteiger charge is 2.35. The van der Waals surface area contributed by atoms with Gasteiger partial charge in [-0.05, 0) is 37.1 Å². The molecule has 0 unspecified atom stereocenters. The second-order valence-electron chi connectivity index (χ2n) is 6.06. The Morgan fingerprint density at radius 1 is 1.08 bits per heavy atom. The number of nitrogens with zero attached hydrogens (tertiary/aromatic N) is 1. The summed E-state index contributed by atoms with van der Waals surface area (Å²) in [7, 11) is 0. The summed E-state index contributed by atoms with van der Waals surface area (Å²) < 4.78 is 0. The third-order valence-corrected chi connectivity index (χ3v) is 5.13. The highest BCUT2D eigenvalue weighted by atomic mass is 35.5. The minimum Gasteiger partial charge on any atom is -0.338 e. The molecule has 6 heteroatoms. The van der Waals surface area contributed by atoms with Gasteiger partial charge in [-0.1, -0.05) is 56.1 Å². The smallest absolute Gasteiger partial charge is 0.270 e. The van der Waals surface area contributed by atoms with Crippen molar-refractivity contribution in [3.8, 4) is 11.3 Å². The number of carbonyl (C=O) groups is 2. The number of hydrogen-bond acceptors (Lipinski definition) is 3. The summed E-state index contributed by atoms with van der Waals surface area (Å²) in [5, 5.41) is 3.86. The molecule has 4 nitrogen and oxygen atoms in total. The molecule has 0 atom stereocenters. The van der Waals surface area contributed by atoms with Crippen molar-refractivity contribution in [3.05, 3.63) is 52.1 Å². The van der Waals surface area contributed by atoms with E-state index in [2.05, 4.69) is 10.3 Å². The van der Waals surface area contributed by atoms with E-state index in [4.69, 9.17) is 23.2 Å². The predicted octanol–water partition coefficient (Wildman–Crippen LogP) is 5.32. The highest BCUT2D eigenvalue weighted by Crippen LogP contribution is 2.28. The van der Waals surface area contributed by atoms with Crippen molar-refractivity contribution in [2.45, 2.75) is 45.6 Å². The van der Waals surface area contributed by atoms with E-state index < -0.39 is 11.4 Å². The summed E-state index contributed by atoms with van der Waals surface area (Å²) in [6, 6.07) is 10.3. The Hall–Kier alpha value is -1.91. The van der Waals surface area contributed by atoms with Crippen LogP contribution in [0, 0.1) is 0 Å². The zero-order chi connectivity index (χ0) is 19.3. The molecule has 0 bridgehead atoms. The van der Waals surface area contributed by atoms with Crippen LogP contribution in [0.1, 0.15) is 50.5 Å². The maximum absolute atomic E-state index is 12.8. The van der Waals surface area contributed by atoms with Gasteiger partial charge in [-0.15, -0.1) is 0 Å². The van der Waals surface area contributed by atoms with Crippen LogP contribution in [-0.2, 0) is 4.79 Å².